The first-order valence-electron chi connectivity index (χ1n) is 5.99. The van der Waals surface area contributed by atoms with Crippen molar-refractivity contribution < 1.29 is 22.7 Å². The van der Waals surface area contributed by atoms with Gasteiger partial charge < -0.3 is 4.74 Å². The van der Waals surface area contributed by atoms with Gasteiger partial charge in [0.05, 0.1) is 13.0 Å². The number of halogens is 3. The number of rotatable bonds is 2. The summed E-state index contributed by atoms with van der Waals surface area (Å²) >= 11 is 0. The van der Waals surface area contributed by atoms with E-state index in [4.69, 9.17) is 0 Å². The fourth-order valence-electron chi connectivity index (χ4n) is 2.48. The Morgan fingerprint density at radius 1 is 1.20 bits per heavy atom. The number of hydrogen-bond donors (Lipinski definition) is 0. The van der Waals surface area contributed by atoms with Crippen molar-refractivity contribution in [3.8, 4) is 0 Å². The lowest BCUT2D eigenvalue weighted by molar-refractivity contribution is -0.186. The van der Waals surface area contributed by atoms with Gasteiger partial charge in [0.25, 0.3) is 0 Å². The number of allylic oxidation sites excluding steroid dienone is 3. The summed E-state index contributed by atoms with van der Waals surface area (Å²) in [7, 11) is 1.09. The Bertz CT molecular complexity index is 546. The maximum atomic E-state index is 13.3. The highest BCUT2D eigenvalue weighted by Gasteiger charge is 2.57. The Hall–Kier alpha value is -2.04. The fourth-order valence-corrected chi connectivity index (χ4v) is 2.48. The van der Waals surface area contributed by atoms with Crippen molar-refractivity contribution in [3.05, 3.63) is 60.2 Å². The van der Waals surface area contributed by atoms with Gasteiger partial charge in [-0.25, -0.2) is 0 Å². The van der Waals surface area contributed by atoms with Gasteiger partial charge in [0, 0.05) is 0 Å². The van der Waals surface area contributed by atoms with Crippen LogP contribution in [0.2, 0.25) is 0 Å². The number of carbonyl (C=O) groups is 1. The number of esters is 1. The van der Waals surface area contributed by atoms with Gasteiger partial charge in [0.2, 0.25) is 0 Å². The van der Waals surface area contributed by atoms with Gasteiger partial charge in [-0.2, -0.15) is 13.2 Å². The van der Waals surface area contributed by atoms with E-state index in [1.54, 1.807) is 18.2 Å². The summed E-state index contributed by atoms with van der Waals surface area (Å²) in [5.41, 5.74) is -1.61. The molecule has 0 aromatic heterocycles. The molecule has 1 aliphatic carbocycles. The zero-order valence-corrected chi connectivity index (χ0v) is 10.7. The second-order valence-corrected chi connectivity index (χ2v) is 4.49. The minimum atomic E-state index is -4.55. The van der Waals surface area contributed by atoms with E-state index in [1.165, 1.54) is 30.4 Å². The predicted molar refractivity (Wildman–Crippen MR) is 68.0 cm³/mol. The number of ether oxygens (including phenoxy) is 1. The van der Waals surface area contributed by atoms with Crippen molar-refractivity contribution in [3.63, 3.8) is 0 Å². The van der Waals surface area contributed by atoms with Gasteiger partial charge in [-0.05, 0) is 5.56 Å². The maximum Gasteiger partial charge on any atom is 0.396 e. The van der Waals surface area contributed by atoms with Gasteiger partial charge in [-0.1, -0.05) is 54.6 Å². The molecule has 0 amide bonds. The van der Waals surface area contributed by atoms with Crippen molar-refractivity contribution in [2.45, 2.75) is 11.6 Å². The molecular formula is C15H13F3O2. The normalized spacial score (nSPS) is 25.5. The molecule has 1 aromatic rings. The number of alkyl halides is 3. The fraction of sp³-hybridized carbons (Fsp3) is 0.267. The minimum absolute atomic E-state index is 0.259. The minimum Gasteiger partial charge on any atom is -0.468 e. The Kier molecular flexibility index (Phi) is 3.70. The van der Waals surface area contributed by atoms with Gasteiger partial charge in [-0.15, -0.1) is 0 Å². The summed E-state index contributed by atoms with van der Waals surface area (Å²) in [6.45, 7) is 0. The molecule has 0 saturated heterocycles. The summed E-state index contributed by atoms with van der Waals surface area (Å²) in [5.74, 6) is -2.87. The molecular weight excluding hydrogens is 269 g/mol. The topological polar surface area (TPSA) is 26.3 Å². The van der Waals surface area contributed by atoms with E-state index < -0.39 is 23.5 Å². The molecule has 2 atom stereocenters. The first-order valence-corrected chi connectivity index (χ1v) is 5.99. The molecule has 0 aliphatic heterocycles. The standard InChI is InChI=1S/C15H13F3O2/c1-20-13(19)14(11-7-3-2-4-8-11)10-6-5-9-12(14)15(16,17)18/h2-10,12H,1H3. The predicted octanol–water partition coefficient (Wildman–Crippen LogP) is 3.40. The van der Waals surface area contributed by atoms with Crippen LogP contribution in [0.15, 0.2) is 54.6 Å². The van der Waals surface area contributed by atoms with Crippen molar-refractivity contribution in [2.24, 2.45) is 5.92 Å². The highest BCUT2D eigenvalue weighted by atomic mass is 19.4. The molecule has 1 aliphatic rings. The van der Waals surface area contributed by atoms with Crippen LogP contribution < -0.4 is 0 Å². The van der Waals surface area contributed by atoms with Crippen molar-refractivity contribution in [2.75, 3.05) is 7.11 Å². The molecule has 0 heterocycles. The molecule has 0 spiro atoms. The number of hydrogen-bond acceptors (Lipinski definition) is 2. The van der Waals surface area contributed by atoms with Crippen molar-refractivity contribution in [1.29, 1.82) is 0 Å². The third kappa shape index (κ3) is 2.24. The van der Waals surface area contributed by atoms with E-state index in [2.05, 4.69) is 4.74 Å². The SMILES string of the molecule is COC(=O)C1(c2ccccc2)C=CC=CC1C(F)(F)F. The lowest BCUT2D eigenvalue weighted by Gasteiger charge is -2.37. The summed E-state index contributed by atoms with van der Waals surface area (Å²) in [5, 5.41) is 0. The molecule has 20 heavy (non-hydrogen) atoms. The second-order valence-electron chi connectivity index (χ2n) is 4.49. The molecule has 0 bridgehead atoms. The average Bonchev–Trinajstić information content (AvgIpc) is 2.46. The summed E-state index contributed by atoms with van der Waals surface area (Å²) in [4.78, 5) is 12.1. The van der Waals surface area contributed by atoms with E-state index in [1.807, 2.05) is 0 Å². The summed E-state index contributed by atoms with van der Waals surface area (Å²) < 4.78 is 44.6. The monoisotopic (exact) mass is 282 g/mol. The lowest BCUT2D eigenvalue weighted by Crippen LogP contribution is -2.48. The van der Waals surface area contributed by atoms with E-state index in [-0.39, 0.29) is 5.56 Å². The van der Waals surface area contributed by atoms with Gasteiger partial charge in [0.15, 0.2) is 0 Å². The van der Waals surface area contributed by atoms with E-state index in [0.717, 1.165) is 13.2 Å². The molecule has 2 unspecified atom stereocenters. The van der Waals surface area contributed by atoms with Crippen LogP contribution in [0.25, 0.3) is 0 Å². The molecule has 106 valence electrons. The summed E-state index contributed by atoms with van der Waals surface area (Å²) in [6, 6.07) is 7.87. The highest BCUT2D eigenvalue weighted by Crippen LogP contribution is 2.46. The highest BCUT2D eigenvalue weighted by molar-refractivity contribution is 5.87. The van der Waals surface area contributed by atoms with E-state index in [9.17, 15) is 18.0 Å². The van der Waals surface area contributed by atoms with Crippen LogP contribution in [0.3, 0.4) is 0 Å². The molecule has 0 N–H and O–H groups in total. The van der Waals surface area contributed by atoms with Crippen LogP contribution in [0.1, 0.15) is 5.56 Å². The second kappa shape index (κ2) is 5.15. The smallest absolute Gasteiger partial charge is 0.396 e. The molecule has 0 fully saturated rings. The third-order valence-corrected chi connectivity index (χ3v) is 3.39. The van der Waals surface area contributed by atoms with Crippen LogP contribution in [0, 0.1) is 5.92 Å². The van der Waals surface area contributed by atoms with Crippen LogP contribution in [-0.4, -0.2) is 19.3 Å². The largest absolute Gasteiger partial charge is 0.468 e. The first-order chi connectivity index (χ1) is 9.43. The van der Waals surface area contributed by atoms with Gasteiger partial charge >= 0.3 is 12.1 Å². The van der Waals surface area contributed by atoms with Crippen LogP contribution >= 0.6 is 0 Å². The average molecular weight is 282 g/mol. The molecule has 1 aromatic carbocycles. The van der Waals surface area contributed by atoms with Crippen molar-refractivity contribution in [1.82, 2.24) is 0 Å². The van der Waals surface area contributed by atoms with Gasteiger partial charge in [-0.3, -0.25) is 4.79 Å². The van der Waals surface area contributed by atoms with Crippen LogP contribution in [0.5, 0.6) is 0 Å². The molecule has 2 nitrogen and oxygen atoms in total. The Balaban J connectivity index is 2.66. The van der Waals surface area contributed by atoms with Crippen LogP contribution in [-0.2, 0) is 14.9 Å². The molecule has 2 rings (SSSR count). The molecule has 0 radical (unpaired) electrons. The van der Waals surface area contributed by atoms with Crippen LogP contribution in [0.4, 0.5) is 13.2 Å². The van der Waals surface area contributed by atoms with E-state index >= 15 is 0 Å². The number of carbonyl (C=O) groups excluding carboxylic acids is 1. The number of methoxy groups -OCH3 is 1. The third-order valence-electron chi connectivity index (χ3n) is 3.39. The zero-order valence-electron chi connectivity index (χ0n) is 10.7. The van der Waals surface area contributed by atoms with E-state index in [0.29, 0.717) is 0 Å². The van der Waals surface area contributed by atoms with Gasteiger partial charge in [0.1, 0.15) is 5.41 Å². The number of benzene rings is 1. The summed E-state index contributed by atoms with van der Waals surface area (Å²) in [6.07, 6.45) is 0.427. The van der Waals surface area contributed by atoms with Crippen molar-refractivity contribution >= 4 is 5.97 Å². The lowest BCUT2D eigenvalue weighted by atomic mass is 9.67. The molecule has 0 saturated carbocycles. The molecule has 5 heteroatoms. The maximum absolute atomic E-state index is 13.3. The Morgan fingerprint density at radius 2 is 1.85 bits per heavy atom. The first kappa shape index (κ1) is 14.4. The zero-order chi connectivity index (χ0) is 14.8. The Labute approximate surface area is 114 Å². The Morgan fingerprint density at radius 3 is 2.40 bits per heavy atom. The quantitative estimate of drug-likeness (QED) is 0.777.